The number of ether oxygens (including phenoxy) is 1. The quantitative estimate of drug-likeness (QED) is 0.386. The van der Waals surface area contributed by atoms with E-state index in [0.29, 0.717) is 0 Å². The third kappa shape index (κ3) is 2.82. The van der Waals surface area contributed by atoms with Crippen LogP contribution in [0.15, 0.2) is 0 Å². The maximum absolute atomic E-state index is 11.0. The van der Waals surface area contributed by atoms with Crippen LogP contribution in [-0.2, 0) is 14.3 Å². The number of rotatable bonds is 4. The zero-order chi connectivity index (χ0) is 9.72. The molecule has 0 saturated carbocycles. The average Bonchev–Trinajstić information content (AvgIpc) is 1.85. The molecule has 1 N–H and O–H groups in total. The van der Waals surface area contributed by atoms with E-state index in [0.717, 1.165) is 0 Å². The molecule has 1 atom stereocenters. The molecule has 12 heavy (non-hydrogen) atoms. The zero-order valence-corrected chi connectivity index (χ0v) is 7.51. The zero-order valence-electron chi connectivity index (χ0n) is 7.51. The lowest BCUT2D eigenvalue weighted by Crippen LogP contribution is -2.29. The summed E-state index contributed by atoms with van der Waals surface area (Å²) < 4.78 is 4.63. The Bertz CT molecular complexity index is 196. The second kappa shape index (κ2) is 4.64. The van der Waals surface area contributed by atoms with Gasteiger partial charge in [0.1, 0.15) is 5.78 Å². The van der Waals surface area contributed by atoms with Crippen LogP contribution >= 0.6 is 0 Å². The van der Waals surface area contributed by atoms with Crippen molar-refractivity contribution in [1.82, 2.24) is 0 Å². The summed E-state index contributed by atoms with van der Waals surface area (Å²) in [4.78, 5) is 21.9. The Morgan fingerprint density at radius 3 is 2.17 bits per heavy atom. The third-order valence-corrected chi connectivity index (χ3v) is 1.36. The van der Waals surface area contributed by atoms with E-state index in [2.05, 4.69) is 4.74 Å². The predicted molar refractivity (Wildman–Crippen MR) is 44.2 cm³/mol. The van der Waals surface area contributed by atoms with Crippen LogP contribution in [0, 0.1) is 11.3 Å². The summed E-state index contributed by atoms with van der Waals surface area (Å²) in [6.07, 6.45) is 0. The van der Waals surface area contributed by atoms with E-state index in [-0.39, 0.29) is 18.1 Å². The van der Waals surface area contributed by atoms with Crippen LogP contribution in [-0.4, -0.2) is 24.1 Å². The summed E-state index contributed by atoms with van der Waals surface area (Å²) in [6.45, 7) is 4.59. The molecule has 0 aromatic carbocycles. The normalized spacial score (nSPS) is 11.9. The molecule has 0 amide bonds. The van der Waals surface area contributed by atoms with E-state index >= 15 is 0 Å². The summed E-state index contributed by atoms with van der Waals surface area (Å²) >= 11 is 0. The van der Waals surface area contributed by atoms with Crippen LogP contribution in [0.5, 0.6) is 0 Å². The maximum Gasteiger partial charge on any atom is 0.322 e. The standard InChI is InChI=1S/C8H13NO3/c1-4-12-8(11)7(5(2)9)6(3)10/h7,9H,4H2,1-3H3. The first-order valence-electron chi connectivity index (χ1n) is 3.72. The number of nitrogens with one attached hydrogen (secondary N) is 1. The van der Waals surface area contributed by atoms with Gasteiger partial charge in [0.25, 0.3) is 0 Å². The molecule has 0 aliphatic heterocycles. The highest BCUT2D eigenvalue weighted by atomic mass is 16.5. The van der Waals surface area contributed by atoms with E-state index in [9.17, 15) is 9.59 Å². The van der Waals surface area contributed by atoms with Gasteiger partial charge in [-0.05, 0) is 20.8 Å². The Morgan fingerprint density at radius 1 is 1.42 bits per heavy atom. The van der Waals surface area contributed by atoms with Gasteiger partial charge >= 0.3 is 5.97 Å². The highest BCUT2D eigenvalue weighted by Gasteiger charge is 2.26. The minimum Gasteiger partial charge on any atom is -0.465 e. The molecule has 0 saturated heterocycles. The molecule has 0 aromatic rings. The minimum atomic E-state index is -1.01. The van der Waals surface area contributed by atoms with Crippen molar-refractivity contribution in [3.8, 4) is 0 Å². The van der Waals surface area contributed by atoms with Gasteiger partial charge in [-0.15, -0.1) is 0 Å². The largest absolute Gasteiger partial charge is 0.465 e. The molecule has 68 valence electrons. The SMILES string of the molecule is CCOC(=O)C(C(C)=N)C(C)=O. The molecular weight excluding hydrogens is 158 g/mol. The highest BCUT2D eigenvalue weighted by molar-refractivity contribution is 6.16. The number of ketones is 1. The summed E-state index contributed by atoms with van der Waals surface area (Å²) in [5.41, 5.74) is 0.0287. The molecule has 0 aliphatic rings. The number of carbonyl (C=O) groups excluding carboxylic acids is 2. The third-order valence-electron chi connectivity index (χ3n) is 1.36. The molecular formula is C8H13NO3. The van der Waals surface area contributed by atoms with E-state index in [1.807, 2.05) is 0 Å². The molecule has 0 fully saturated rings. The van der Waals surface area contributed by atoms with Gasteiger partial charge in [-0.25, -0.2) is 0 Å². The van der Waals surface area contributed by atoms with Gasteiger partial charge in [-0.2, -0.15) is 0 Å². The first-order chi connectivity index (χ1) is 5.50. The Morgan fingerprint density at radius 2 is 1.92 bits per heavy atom. The van der Waals surface area contributed by atoms with Crippen molar-refractivity contribution in [1.29, 1.82) is 5.41 Å². The summed E-state index contributed by atoms with van der Waals surface area (Å²) in [5.74, 6) is -1.98. The van der Waals surface area contributed by atoms with Crippen LogP contribution in [0.3, 0.4) is 0 Å². The van der Waals surface area contributed by atoms with Gasteiger partial charge in [0.05, 0.1) is 6.61 Å². The average molecular weight is 171 g/mol. The first-order valence-corrected chi connectivity index (χ1v) is 3.72. The second-order valence-electron chi connectivity index (χ2n) is 2.48. The van der Waals surface area contributed by atoms with Gasteiger partial charge < -0.3 is 10.1 Å². The number of esters is 1. The maximum atomic E-state index is 11.0. The van der Waals surface area contributed by atoms with Crippen LogP contribution in [0.1, 0.15) is 20.8 Å². The Labute approximate surface area is 71.4 Å². The molecule has 0 aromatic heterocycles. The predicted octanol–water partition coefficient (Wildman–Crippen LogP) is 0.794. The fourth-order valence-corrected chi connectivity index (χ4v) is 0.873. The van der Waals surface area contributed by atoms with E-state index in [1.54, 1.807) is 6.92 Å². The topological polar surface area (TPSA) is 67.2 Å². The van der Waals surface area contributed by atoms with Gasteiger partial charge in [0.2, 0.25) is 0 Å². The van der Waals surface area contributed by atoms with Crippen LogP contribution in [0.2, 0.25) is 0 Å². The van der Waals surface area contributed by atoms with Crippen molar-refractivity contribution in [2.45, 2.75) is 20.8 Å². The lowest BCUT2D eigenvalue weighted by Gasteiger charge is -2.09. The molecule has 4 nitrogen and oxygen atoms in total. The van der Waals surface area contributed by atoms with Crippen molar-refractivity contribution in [3.63, 3.8) is 0 Å². The van der Waals surface area contributed by atoms with E-state index < -0.39 is 11.9 Å². The first kappa shape index (κ1) is 10.8. The lowest BCUT2D eigenvalue weighted by atomic mass is 10.0. The smallest absolute Gasteiger partial charge is 0.322 e. The van der Waals surface area contributed by atoms with Crippen LogP contribution in [0.4, 0.5) is 0 Å². The van der Waals surface area contributed by atoms with Crippen molar-refractivity contribution >= 4 is 17.5 Å². The van der Waals surface area contributed by atoms with Crippen LogP contribution in [0.25, 0.3) is 0 Å². The number of Topliss-reactive ketones (excluding diaryl/α,β-unsaturated/α-hetero) is 1. The van der Waals surface area contributed by atoms with Gasteiger partial charge in [0.15, 0.2) is 5.92 Å². The summed E-state index contributed by atoms with van der Waals surface area (Å²) in [7, 11) is 0. The molecule has 0 spiro atoms. The molecule has 0 aliphatic carbocycles. The summed E-state index contributed by atoms with van der Waals surface area (Å²) in [6, 6.07) is 0. The molecule has 0 heterocycles. The lowest BCUT2D eigenvalue weighted by molar-refractivity contribution is -0.148. The van der Waals surface area contributed by atoms with E-state index in [4.69, 9.17) is 5.41 Å². The van der Waals surface area contributed by atoms with Crippen molar-refractivity contribution < 1.29 is 14.3 Å². The van der Waals surface area contributed by atoms with Crippen LogP contribution < -0.4 is 0 Å². The molecule has 0 radical (unpaired) electrons. The Hall–Kier alpha value is -1.19. The van der Waals surface area contributed by atoms with Crippen molar-refractivity contribution in [2.24, 2.45) is 5.92 Å². The Kier molecular flexibility index (Phi) is 4.18. The number of hydrogen-bond donors (Lipinski definition) is 1. The van der Waals surface area contributed by atoms with Gasteiger partial charge in [0, 0.05) is 5.71 Å². The number of carbonyl (C=O) groups is 2. The molecule has 0 bridgehead atoms. The summed E-state index contributed by atoms with van der Waals surface area (Å²) in [5, 5.41) is 7.17. The van der Waals surface area contributed by atoms with Gasteiger partial charge in [-0.3, -0.25) is 9.59 Å². The Balaban J connectivity index is 4.41. The second-order valence-corrected chi connectivity index (χ2v) is 2.48. The fourth-order valence-electron chi connectivity index (χ4n) is 0.873. The van der Waals surface area contributed by atoms with Crippen molar-refractivity contribution in [2.75, 3.05) is 6.61 Å². The fraction of sp³-hybridized carbons (Fsp3) is 0.625. The highest BCUT2D eigenvalue weighted by Crippen LogP contribution is 2.03. The minimum absolute atomic E-state index is 0.0287. The molecule has 1 unspecified atom stereocenters. The van der Waals surface area contributed by atoms with Gasteiger partial charge in [-0.1, -0.05) is 0 Å². The van der Waals surface area contributed by atoms with E-state index in [1.165, 1.54) is 13.8 Å². The number of hydrogen-bond acceptors (Lipinski definition) is 4. The molecule has 4 heteroatoms. The monoisotopic (exact) mass is 171 g/mol. The molecule has 0 rings (SSSR count). The van der Waals surface area contributed by atoms with Crippen molar-refractivity contribution in [3.05, 3.63) is 0 Å².